The molecule has 0 aromatic rings. The van der Waals surface area contributed by atoms with Gasteiger partial charge >= 0.3 is 0 Å². The average Bonchev–Trinajstić information content (AvgIpc) is 2.32. The minimum Gasteiger partial charge on any atom is -0.337 e. The molecular formula is C16H36N+. The summed E-state index contributed by atoms with van der Waals surface area (Å²) in [6.07, 6.45) is 15.8. The molecule has 0 heterocycles. The highest BCUT2D eigenvalue weighted by atomic mass is 15.1. The third-order valence-corrected chi connectivity index (χ3v) is 3.63. The van der Waals surface area contributed by atoms with Crippen molar-refractivity contribution in [2.24, 2.45) is 0 Å². The first-order chi connectivity index (χ1) is 8.31. The van der Waals surface area contributed by atoms with Gasteiger partial charge in [0.2, 0.25) is 0 Å². The minimum atomic E-state index is 1.32. The van der Waals surface area contributed by atoms with Gasteiger partial charge in [0.1, 0.15) is 0 Å². The van der Waals surface area contributed by atoms with Crippen molar-refractivity contribution < 1.29 is 4.90 Å². The lowest BCUT2D eigenvalue weighted by atomic mass is 10.1. The second-order valence-electron chi connectivity index (χ2n) is 5.64. The fraction of sp³-hybridized carbons (Fsp3) is 1.00. The van der Waals surface area contributed by atoms with Gasteiger partial charge in [-0.1, -0.05) is 65.2 Å². The van der Waals surface area contributed by atoms with Gasteiger partial charge in [-0.2, -0.15) is 0 Å². The Kier molecular flexibility index (Phi) is 14.0. The summed E-state index contributed by atoms with van der Waals surface area (Å²) in [5, 5.41) is 0. The van der Waals surface area contributed by atoms with Crippen LogP contribution in [0, 0.1) is 0 Å². The van der Waals surface area contributed by atoms with Crippen molar-refractivity contribution in [2.45, 2.75) is 84.5 Å². The molecule has 1 heteroatoms. The van der Waals surface area contributed by atoms with E-state index in [0.29, 0.717) is 0 Å². The lowest BCUT2D eigenvalue weighted by molar-refractivity contribution is -0.879. The van der Waals surface area contributed by atoms with Gasteiger partial charge in [-0.25, -0.2) is 0 Å². The average molecular weight is 242 g/mol. The monoisotopic (exact) mass is 242 g/mol. The van der Waals surface area contributed by atoms with Crippen LogP contribution in [0.15, 0.2) is 0 Å². The van der Waals surface area contributed by atoms with Crippen LogP contribution in [0.25, 0.3) is 0 Å². The molecule has 0 radical (unpaired) electrons. The standard InChI is InChI=1S/C16H35N/c1-4-6-7-8-9-10-11-12-13-14-16-17(3)15-5-2/h4-16H2,1-3H3/p+1. The van der Waals surface area contributed by atoms with Gasteiger partial charge in [0.25, 0.3) is 0 Å². The second-order valence-corrected chi connectivity index (χ2v) is 5.64. The van der Waals surface area contributed by atoms with Gasteiger partial charge < -0.3 is 4.90 Å². The van der Waals surface area contributed by atoms with Gasteiger partial charge in [-0.15, -0.1) is 0 Å². The number of quaternary nitrogens is 1. The van der Waals surface area contributed by atoms with Crippen LogP contribution >= 0.6 is 0 Å². The molecular weight excluding hydrogens is 206 g/mol. The molecule has 0 amide bonds. The molecule has 1 unspecified atom stereocenters. The van der Waals surface area contributed by atoms with Crippen LogP contribution in [-0.2, 0) is 0 Å². The topological polar surface area (TPSA) is 4.44 Å². The van der Waals surface area contributed by atoms with Crippen molar-refractivity contribution in [3.63, 3.8) is 0 Å². The highest BCUT2D eigenvalue weighted by Gasteiger charge is 1.99. The van der Waals surface area contributed by atoms with Crippen molar-refractivity contribution in [1.82, 2.24) is 0 Å². The number of hydrogen-bond acceptors (Lipinski definition) is 0. The van der Waals surface area contributed by atoms with E-state index in [1.807, 2.05) is 0 Å². The van der Waals surface area contributed by atoms with Gasteiger partial charge in [0.15, 0.2) is 0 Å². The molecule has 0 spiro atoms. The van der Waals surface area contributed by atoms with E-state index in [9.17, 15) is 0 Å². The number of unbranched alkanes of at least 4 members (excludes halogenated alkanes) is 9. The summed E-state index contributed by atoms with van der Waals surface area (Å²) in [5.41, 5.74) is 0. The van der Waals surface area contributed by atoms with E-state index in [4.69, 9.17) is 0 Å². The summed E-state index contributed by atoms with van der Waals surface area (Å²) in [7, 11) is 2.33. The fourth-order valence-electron chi connectivity index (χ4n) is 2.47. The Balaban J connectivity index is 2.98. The molecule has 1 N–H and O–H groups in total. The molecule has 1 atom stereocenters. The van der Waals surface area contributed by atoms with Gasteiger partial charge in [-0.05, 0) is 19.3 Å². The number of rotatable bonds is 13. The van der Waals surface area contributed by atoms with Crippen LogP contribution in [0.5, 0.6) is 0 Å². The molecule has 0 saturated carbocycles. The predicted molar refractivity (Wildman–Crippen MR) is 78.8 cm³/mol. The van der Waals surface area contributed by atoms with E-state index < -0.39 is 0 Å². The van der Waals surface area contributed by atoms with Gasteiger partial charge in [0.05, 0.1) is 20.1 Å². The molecule has 0 aromatic heterocycles. The lowest BCUT2D eigenvalue weighted by Gasteiger charge is -2.12. The molecule has 104 valence electrons. The van der Waals surface area contributed by atoms with Crippen molar-refractivity contribution in [3.05, 3.63) is 0 Å². The fourth-order valence-corrected chi connectivity index (χ4v) is 2.47. The normalized spacial score (nSPS) is 12.9. The van der Waals surface area contributed by atoms with Crippen LogP contribution in [0.1, 0.15) is 84.5 Å². The molecule has 0 fully saturated rings. The summed E-state index contributed by atoms with van der Waals surface area (Å²) in [4.78, 5) is 1.71. The first-order valence-electron chi connectivity index (χ1n) is 8.12. The third kappa shape index (κ3) is 13.9. The van der Waals surface area contributed by atoms with E-state index in [2.05, 4.69) is 20.9 Å². The second kappa shape index (κ2) is 14.0. The Labute approximate surface area is 110 Å². The Hall–Kier alpha value is -0.0400. The molecule has 1 nitrogen and oxygen atoms in total. The highest BCUT2D eigenvalue weighted by molar-refractivity contribution is 4.46. The van der Waals surface area contributed by atoms with E-state index >= 15 is 0 Å². The Morgan fingerprint density at radius 1 is 0.529 bits per heavy atom. The minimum absolute atomic E-state index is 1.32. The number of nitrogens with one attached hydrogen (secondary N) is 1. The van der Waals surface area contributed by atoms with Crippen LogP contribution in [0.2, 0.25) is 0 Å². The van der Waals surface area contributed by atoms with E-state index in [1.54, 1.807) is 4.90 Å². The van der Waals surface area contributed by atoms with Crippen LogP contribution in [-0.4, -0.2) is 20.1 Å². The Morgan fingerprint density at radius 3 is 1.47 bits per heavy atom. The summed E-state index contributed by atoms with van der Waals surface area (Å²) in [5.74, 6) is 0. The molecule has 17 heavy (non-hydrogen) atoms. The van der Waals surface area contributed by atoms with Crippen LogP contribution in [0.3, 0.4) is 0 Å². The first kappa shape index (κ1) is 17.0. The first-order valence-corrected chi connectivity index (χ1v) is 8.12. The summed E-state index contributed by atoms with van der Waals surface area (Å²) in [6.45, 7) is 7.29. The number of hydrogen-bond donors (Lipinski definition) is 1. The SMILES string of the molecule is CCCCCCCCCCCC[NH+](C)CCC. The van der Waals surface area contributed by atoms with E-state index in [1.165, 1.54) is 83.7 Å². The van der Waals surface area contributed by atoms with Crippen LogP contribution < -0.4 is 4.90 Å². The lowest BCUT2D eigenvalue weighted by Crippen LogP contribution is -3.08. The molecule has 0 aliphatic heterocycles. The van der Waals surface area contributed by atoms with E-state index in [-0.39, 0.29) is 0 Å². The third-order valence-electron chi connectivity index (χ3n) is 3.63. The largest absolute Gasteiger partial charge is 0.337 e. The van der Waals surface area contributed by atoms with Gasteiger partial charge in [0, 0.05) is 0 Å². The molecule has 0 rings (SSSR count). The zero-order chi connectivity index (χ0) is 12.8. The zero-order valence-corrected chi connectivity index (χ0v) is 12.7. The van der Waals surface area contributed by atoms with Crippen molar-refractivity contribution in [2.75, 3.05) is 20.1 Å². The maximum absolute atomic E-state index is 2.33. The molecule has 0 aliphatic rings. The maximum Gasteiger partial charge on any atom is 0.0768 e. The Morgan fingerprint density at radius 2 is 1.00 bits per heavy atom. The summed E-state index contributed by atoms with van der Waals surface area (Å²) >= 11 is 0. The summed E-state index contributed by atoms with van der Waals surface area (Å²) < 4.78 is 0. The predicted octanol–water partition coefficient (Wildman–Crippen LogP) is 3.83. The smallest absolute Gasteiger partial charge is 0.0768 e. The van der Waals surface area contributed by atoms with Crippen molar-refractivity contribution in [1.29, 1.82) is 0 Å². The van der Waals surface area contributed by atoms with Crippen molar-refractivity contribution >= 4 is 0 Å². The molecule has 0 aromatic carbocycles. The maximum atomic E-state index is 2.33. The van der Waals surface area contributed by atoms with Crippen LogP contribution in [0.4, 0.5) is 0 Å². The van der Waals surface area contributed by atoms with Crippen molar-refractivity contribution in [3.8, 4) is 0 Å². The molecule has 0 saturated heterocycles. The molecule has 0 aliphatic carbocycles. The van der Waals surface area contributed by atoms with E-state index in [0.717, 1.165) is 0 Å². The zero-order valence-electron chi connectivity index (χ0n) is 12.7. The summed E-state index contributed by atoms with van der Waals surface area (Å²) in [6, 6.07) is 0. The highest BCUT2D eigenvalue weighted by Crippen LogP contribution is 2.09. The quantitative estimate of drug-likeness (QED) is 0.468. The molecule has 0 bridgehead atoms. The van der Waals surface area contributed by atoms with Gasteiger partial charge in [-0.3, -0.25) is 0 Å². The Bertz CT molecular complexity index is 133.